The van der Waals surface area contributed by atoms with Crippen LogP contribution in [-0.4, -0.2) is 48.2 Å². The lowest BCUT2D eigenvalue weighted by Gasteiger charge is -2.32. The van der Waals surface area contributed by atoms with E-state index in [1.807, 2.05) is 13.0 Å². The van der Waals surface area contributed by atoms with E-state index in [1.54, 1.807) is 26.0 Å². The van der Waals surface area contributed by atoms with Crippen molar-refractivity contribution in [1.29, 1.82) is 0 Å². The van der Waals surface area contributed by atoms with Crippen LogP contribution in [0.2, 0.25) is 0 Å². The fourth-order valence-corrected chi connectivity index (χ4v) is 2.64. The Morgan fingerprint density at radius 1 is 1.22 bits per heavy atom. The molecule has 1 aliphatic rings. The lowest BCUT2D eigenvalue weighted by atomic mass is 9.82. The normalized spacial score (nSPS) is 13.5. The quantitative estimate of drug-likeness (QED) is 0.868. The summed E-state index contributed by atoms with van der Waals surface area (Å²) in [6.07, 6.45) is 0.705. The molecule has 0 aliphatic carbocycles. The summed E-state index contributed by atoms with van der Waals surface area (Å²) in [6, 6.07) is 5.42. The molecule has 0 aromatic heterocycles. The van der Waals surface area contributed by atoms with Gasteiger partial charge in [0.25, 0.3) is 0 Å². The van der Waals surface area contributed by atoms with Crippen LogP contribution in [0.3, 0.4) is 0 Å². The number of hydrogen-bond acceptors (Lipinski definition) is 4. The minimum atomic E-state index is -1.01. The zero-order chi connectivity index (χ0) is 17.0. The number of carboxylic acids is 1. The number of rotatable bonds is 6. The summed E-state index contributed by atoms with van der Waals surface area (Å²) >= 11 is 0. The molecule has 0 fully saturated rings. The summed E-state index contributed by atoms with van der Waals surface area (Å²) in [7, 11) is 0. The van der Waals surface area contributed by atoms with E-state index in [0.717, 1.165) is 5.56 Å². The Hall–Kier alpha value is -2.24. The molecule has 0 unspecified atom stereocenters. The highest BCUT2D eigenvalue weighted by Gasteiger charge is 2.35. The number of carboxylic acid groups (broad SMARTS) is 1. The first kappa shape index (κ1) is 17.1. The van der Waals surface area contributed by atoms with Gasteiger partial charge in [0.2, 0.25) is 5.91 Å². The first-order valence-electron chi connectivity index (χ1n) is 7.77. The van der Waals surface area contributed by atoms with E-state index in [9.17, 15) is 9.59 Å². The Kier molecular flexibility index (Phi) is 5.13. The third-order valence-electron chi connectivity index (χ3n) is 3.91. The highest BCUT2D eigenvalue weighted by atomic mass is 16.6. The molecule has 6 nitrogen and oxygen atoms in total. The molecule has 1 aliphatic heterocycles. The van der Waals surface area contributed by atoms with E-state index in [-0.39, 0.29) is 12.5 Å². The molecule has 1 N–H and O–H groups in total. The molecule has 0 saturated heterocycles. The number of hydrogen-bond donors (Lipinski definition) is 1. The first-order chi connectivity index (χ1) is 10.9. The number of aliphatic carboxylic acids is 1. The molecular weight excluding hydrogens is 298 g/mol. The number of amides is 1. The third kappa shape index (κ3) is 3.75. The summed E-state index contributed by atoms with van der Waals surface area (Å²) in [4.78, 5) is 25.3. The average Bonchev–Trinajstić information content (AvgIpc) is 2.52. The van der Waals surface area contributed by atoms with Crippen LogP contribution in [0.25, 0.3) is 0 Å². The maximum Gasteiger partial charge on any atom is 0.323 e. The fraction of sp³-hybridized carbons (Fsp3) is 0.529. The van der Waals surface area contributed by atoms with Gasteiger partial charge in [-0.2, -0.15) is 0 Å². The van der Waals surface area contributed by atoms with Gasteiger partial charge in [0.15, 0.2) is 11.5 Å². The molecular formula is C17H23NO5. The van der Waals surface area contributed by atoms with Crippen LogP contribution in [0.5, 0.6) is 11.5 Å². The molecule has 126 valence electrons. The van der Waals surface area contributed by atoms with Crippen LogP contribution in [0.15, 0.2) is 18.2 Å². The van der Waals surface area contributed by atoms with Crippen LogP contribution in [-0.2, 0) is 15.0 Å². The molecule has 6 heteroatoms. The molecule has 0 atom stereocenters. The molecule has 0 bridgehead atoms. The predicted octanol–water partition coefficient (Wildman–Crippen LogP) is 2.06. The minimum absolute atomic E-state index is 0.210. The van der Waals surface area contributed by atoms with Gasteiger partial charge in [0.05, 0.1) is 5.41 Å². The number of nitrogens with zero attached hydrogens (tertiary/aromatic N) is 1. The van der Waals surface area contributed by atoms with Crippen molar-refractivity contribution in [2.24, 2.45) is 0 Å². The molecule has 0 spiro atoms. The third-order valence-corrected chi connectivity index (χ3v) is 3.91. The number of carbonyl (C=O) groups excluding carboxylic acids is 1. The van der Waals surface area contributed by atoms with Crippen molar-refractivity contribution in [1.82, 2.24) is 4.90 Å². The highest BCUT2D eigenvalue weighted by molar-refractivity contribution is 5.90. The Balaban J connectivity index is 2.28. The van der Waals surface area contributed by atoms with Crippen molar-refractivity contribution in [3.8, 4) is 11.5 Å². The summed E-state index contributed by atoms with van der Waals surface area (Å²) in [6.45, 7) is 6.62. The second-order valence-electron chi connectivity index (χ2n) is 6.10. The maximum absolute atomic E-state index is 12.8. The van der Waals surface area contributed by atoms with E-state index in [2.05, 4.69) is 0 Å². The van der Waals surface area contributed by atoms with Crippen molar-refractivity contribution in [2.75, 3.05) is 26.3 Å². The molecule has 1 heterocycles. The lowest BCUT2D eigenvalue weighted by molar-refractivity contribution is -0.146. The summed E-state index contributed by atoms with van der Waals surface area (Å²) in [5, 5.41) is 9.02. The second-order valence-corrected chi connectivity index (χ2v) is 6.10. The van der Waals surface area contributed by atoms with Crippen LogP contribution in [0.4, 0.5) is 0 Å². The SMILES string of the molecule is CCCN(CC(=O)O)C(=O)C(C)(C)c1ccc2c(c1)OCCO2. The van der Waals surface area contributed by atoms with Crippen LogP contribution in [0.1, 0.15) is 32.8 Å². The molecule has 1 amide bonds. The van der Waals surface area contributed by atoms with Gasteiger partial charge in [-0.25, -0.2) is 0 Å². The van der Waals surface area contributed by atoms with Gasteiger partial charge in [-0.1, -0.05) is 13.0 Å². The van der Waals surface area contributed by atoms with Crippen molar-refractivity contribution in [2.45, 2.75) is 32.6 Å². The Morgan fingerprint density at radius 2 is 1.87 bits per heavy atom. The van der Waals surface area contributed by atoms with E-state index < -0.39 is 11.4 Å². The van der Waals surface area contributed by atoms with Crippen molar-refractivity contribution in [3.63, 3.8) is 0 Å². The van der Waals surface area contributed by atoms with Gasteiger partial charge >= 0.3 is 5.97 Å². The van der Waals surface area contributed by atoms with E-state index in [1.165, 1.54) is 4.90 Å². The van der Waals surface area contributed by atoms with Gasteiger partial charge in [0, 0.05) is 6.54 Å². The van der Waals surface area contributed by atoms with E-state index >= 15 is 0 Å². The Bertz CT molecular complexity index is 597. The standard InChI is InChI=1S/C17H23NO5/c1-4-7-18(11-15(19)20)16(21)17(2,3)12-5-6-13-14(10-12)23-9-8-22-13/h5-6,10H,4,7-9,11H2,1-3H3,(H,19,20). The van der Waals surface area contributed by atoms with Gasteiger partial charge in [0.1, 0.15) is 19.8 Å². The topological polar surface area (TPSA) is 76.1 Å². The lowest BCUT2D eigenvalue weighted by Crippen LogP contribution is -2.46. The largest absolute Gasteiger partial charge is 0.486 e. The van der Waals surface area contributed by atoms with Gasteiger partial charge in [-0.05, 0) is 38.0 Å². The van der Waals surface area contributed by atoms with Crippen molar-refractivity contribution >= 4 is 11.9 Å². The van der Waals surface area contributed by atoms with Crippen LogP contribution in [0, 0.1) is 0 Å². The van der Waals surface area contributed by atoms with Gasteiger partial charge < -0.3 is 19.5 Å². The van der Waals surface area contributed by atoms with E-state index in [4.69, 9.17) is 14.6 Å². The Morgan fingerprint density at radius 3 is 2.48 bits per heavy atom. The molecule has 2 rings (SSSR count). The molecule has 1 aromatic rings. The summed E-state index contributed by atoms with van der Waals surface area (Å²) in [5.74, 6) is 0.0669. The number of fused-ring (bicyclic) bond motifs is 1. The molecule has 1 aromatic carbocycles. The molecule has 23 heavy (non-hydrogen) atoms. The zero-order valence-electron chi connectivity index (χ0n) is 13.8. The first-order valence-corrected chi connectivity index (χ1v) is 7.77. The van der Waals surface area contributed by atoms with Gasteiger partial charge in [-0.3, -0.25) is 9.59 Å². The monoisotopic (exact) mass is 321 g/mol. The maximum atomic E-state index is 12.8. The summed E-state index contributed by atoms with van der Waals surface area (Å²) < 4.78 is 11.1. The minimum Gasteiger partial charge on any atom is -0.486 e. The highest BCUT2D eigenvalue weighted by Crippen LogP contribution is 2.36. The number of benzene rings is 1. The van der Waals surface area contributed by atoms with Crippen molar-refractivity contribution in [3.05, 3.63) is 23.8 Å². The second kappa shape index (κ2) is 6.89. The Labute approximate surface area is 136 Å². The fourth-order valence-electron chi connectivity index (χ4n) is 2.64. The molecule has 0 saturated carbocycles. The van der Waals surface area contributed by atoms with Crippen LogP contribution < -0.4 is 9.47 Å². The number of ether oxygens (including phenoxy) is 2. The van der Waals surface area contributed by atoms with Crippen LogP contribution >= 0.6 is 0 Å². The molecule has 0 radical (unpaired) electrons. The zero-order valence-corrected chi connectivity index (χ0v) is 13.8. The van der Waals surface area contributed by atoms with E-state index in [0.29, 0.717) is 37.7 Å². The average molecular weight is 321 g/mol. The number of carbonyl (C=O) groups is 2. The smallest absolute Gasteiger partial charge is 0.323 e. The predicted molar refractivity (Wildman–Crippen MR) is 85.0 cm³/mol. The van der Waals surface area contributed by atoms with Gasteiger partial charge in [-0.15, -0.1) is 0 Å². The summed E-state index contributed by atoms with van der Waals surface area (Å²) in [5.41, 5.74) is -0.0706. The van der Waals surface area contributed by atoms with Crippen molar-refractivity contribution < 1.29 is 24.2 Å².